The van der Waals surface area contributed by atoms with E-state index in [1.807, 2.05) is 0 Å². The SMILES string of the molecule is CCCCCCCCCCCCS(=O)(=O)c1ccc(NC(=O)C=Cc2ccc(O)cc2)cc1. The molecule has 2 aromatic rings. The maximum Gasteiger partial charge on any atom is 0.248 e. The van der Waals surface area contributed by atoms with E-state index in [2.05, 4.69) is 12.2 Å². The lowest BCUT2D eigenvalue weighted by Gasteiger charge is -2.07. The van der Waals surface area contributed by atoms with E-state index < -0.39 is 9.84 Å². The van der Waals surface area contributed by atoms with E-state index in [0.717, 1.165) is 18.4 Å². The normalized spacial score (nSPS) is 11.7. The second-order valence-electron chi connectivity index (χ2n) is 8.44. The van der Waals surface area contributed by atoms with Crippen molar-refractivity contribution >= 4 is 27.5 Å². The van der Waals surface area contributed by atoms with Gasteiger partial charge in [0.25, 0.3) is 0 Å². The largest absolute Gasteiger partial charge is 0.508 e. The Hall–Kier alpha value is -2.60. The summed E-state index contributed by atoms with van der Waals surface area (Å²) in [7, 11) is -3.31. The molecule has 0 radical (unpaired) electrons. The lowest BCUT2D eigenvalue weighted by atomic mass is 10.1. The summed E-state index contributed by atoms with van der Waals surface area (Å²) in [5, 5.41) is 12.0. The molecule has 0 aliphatic rings. The Morgan fingerprint density at radius 1 is 0.818 bits per heavy atom. The molecular weight excluding hydrogens is 434 g/mol. The van der Waals surface area contributed by atoms with Crippen LogP contribution in [0.25, 0.3) is 6.08 Å². The zero-order chi connectivity index (χ0) is 23.9. The van der Waals surface area contributed by atoms with Crippen molar-refractivity contribution in [3.05, 3.63) is 60.2 Å². The molecule has 0 aliphatic carbocycles. The van der Waals surface area contributed by atoms with Crippen LogP contribution in [0.2, 0.25) is 0 Å². The van der Waals surface area contributed by atoms with Crippen molar-refractivity contribution in [2.45, 2.75) is 76.0 Å². The van der Waals surface area contributed by atoms with Crippen LogP contribution in [0.1, 0.15) is 76.7 Å². The molecule has 33 heavy (non-hydrogen) atoms. The number of aromatic hydroxyl groups is 1. The summed E-state index contributed by atoms with van der Waals surface area (Å²) < 4.78 is 25.1. The van der Waals surface area contributed by atoms with E-state index in [9.17, 15) is 18.3 Å². The summed E-state index contributed by atoms with van der Waals surface area (Å²) in [5.41, 5.74) is 1.32. The number of phenols is 1. The minimum Gasteiger partial charge on any atom is -0.508 e. The quantitative estimate of drug-likeness (QED) is 0.223. The van der Waals surface area contributed by atoms with Gasteiger partial charge in [-0.3, -0.25) is 4.79 Å². The molecule has 0 fully saturated rings. The van der Waals surface area contributed by atoms with Gasteiger partial charge in [0.1, 0.15) is 5.75 Å². The highest BCUT2D eigenvalue weighted by Crippen LogP contribution is 2.18. The average molecular weight is 472 g/mol. The van der Waals surface area contributed by atoms with Crippen molar-refractivity contribution in [1.82, 2.24) is 0 Å². The van der Waals surface area contributed by atoms with Crippen LogP contribution < -0.4 is 5.32 Å². The van der Waals surface area contributed by atoms with Gasteiger partial charge in [-0.05, 0) is 54.5 Å². The van der Waals surface area contributed by atoms with Crippen LogP contribution in [-0.4, -0.2) is 25.2 Å². The zero-order valence-corrected chi connectivity index (χ0v) is 20.4. The van der Waals surface area contributed by atoms with Gasteiger partial charge in [-0.15, -0.1) is 0 Å². The van der Waals surface area contributed by atoms with Crippen molar-refractivity contribution < 1.29 is 18.3 Å². The molecule has 0 heterocycles. The fourth-order valence-corrected chi connectivity index (χ4v) is 4.95. The van der Waals surface area contributed by atoms with Crippen LogP contribution in [0.15, 0.2) is 59.5 Å². The second kappa shape index (κ2) is 14.5. The van der Waals surface area contributed by atoms with Crippen molar-refractivity contribution in [2.75, 3.05) is 11.1 Å². The van der Waals surface area contributed by atoms with Gasteiger partial charge in [0.15, 0.2) is 9.84 Å². The molecule has 1 amide bonds. The predicted octanol–water partition coefficient (Wildman–Crippen LogP) is 6.74. The van der Waals surface area contributed by atoms with Gasteiger partial charge in [0, 0.05) is 11.8 Å². The second-order valence-corrected chi connectivity index (χ2v) is 10.5. The number of benzene rings is 2. The van der Waals surface area contributed by atoms with Crippen LogP contribution in [0, 0.1) is 0 Å². The molecule has 6 heteroatoms. The number of carbonyl (C=O) groups is 1. The molecule has 0 unspecified atom stereocenters. The first-order valence-corrected chi connectivity index (χ1v) is 13.7. The monoisotopic (exact) mass is 471 g/mol. The molecule has 5 nitrogen and oxygen atoms in total. The lowest BCUT2D eigenvalue weighted by Crippen LogP contribution is -2.09. The van der Waals surface area contributed by atoms with Gasteiger partial charge in [0.05, 0.1) is 10.6 Å². The standard InChI is InChI=1S/C27H37NO4S/c1-2-3-4-5-6-7-8-9-10-11-22-33(31,32)26-19-15-24(16-20-26)28-27(30)21-14-23-12-17-25(29)18-13-23/h12-21,29H,2-11,22H2,1H3,(H,28,30). The molecule has 2 rings (SSSR count). The molecule has 0 aliphatic heterocycles. The predicted molar refractivity (Wildman–Crippen MR) is 136 cm³/mol. The van der Waals surface area contributed by atoms with Crippen molar-refractivity contribution in [3.8, 4) is 5.75 Å². The number of carbonyl (C=O) groups excluding carboxylic acids is 1. The minimum absolute atomic E-state index is 0.157. The molecule has 0 saturated heterocycles. The first-order chi connectivity index (χ1) is 15.9. The van der Waals surface area contributed by atoms with E-state index in [4.69, 9.17) is 0 Å². The highest BCUT2D eigenvalue weighted by atomic mass is 32.2. The first kappa shape index (κ1) is 26.7. The maximum atomic E-state index is 12.6. The Labute approximate surface area is 198 Å². The number of rotatable bonds is 15. The molecule has 0 bridgehead atoms. The van der Waals surface area contributed by atoms with Crippen LogP contribution in [0.5, 0.6) is 5.75 Å². The zero-order valence-electron chi connectivity index (χ0n) is 19.6. The summed E-state index contributed by atoms with van der Waals surface area (Å²) in [4.78, 5) is 12.4. The van der Waals surface area contributed by atoms with Gasteiger partial charge in [-0.25, -0.2) is 8.42 Å². The van der Waals surface area contributed by atoms with Gasteiger partial charge in [-0.2, -0.15) is 0 Å². The number of hydrogen-bond acceptors (Lipinski definition) is 4. The Morgan fingerprint density at radius 3 is 1.94 bits per heavy atom. The van der Waals surface area contributed by atoms with Gasteiger partial charge < -0.3 is 10.4 Å². The van der Waals surface area contributed by atoms with Crippen LogP contribution >= 0.6 is 0 Å². The molecule has 180 valence electrons. The molecule has 2 N–H and O–H groups in total. The van der Waals surface area contributed by atoms with E-state index in [-0.39, 0.29) is 22.3 Å². The third kappa shape index (κ3) is 10.7. The fraction of sp³-hybridized carbons (Fsp3) is 0.444. The molecule has 0 atom stereocenters. The molecule has 0 aromatic heterocycles. The number of nitrogens with one attached hydrogen (secondary N) is 1. The number of unbranched alkanes of at least 4 members (excludes halogenated alkanes) is 9. The summed E-state index contributed by atoms with van der Waals surface area (Å²) in [6.45, 7) is 2.22. The third-order valence-corrected chi connectivity index (χ3v) is 7.38. The van der Waals surface area contributed by atoms with Crippen molar-refractivity contribution in [3.63, 3.8) is 0 Å². The minimum atomic E-state index is -3.31. The third-order valence-electron chi connectivity index (χ3n) is 5.57. The summed E-state index contributed by atoms with van der Waals surface area (Å²) in [6, 6.07) is 12.8. The first-order valence-electron chi connectivity index (χ1n) is 12.0. The smallest absolute Gasteiger partial charge is 0.248 e. The van der Waals surface area contributed by atoms with Crippen molar-refractivity contribution in [2.24, 2.45) is 0 Å². The van der Waals surface area contributed by atoms with Crippen LogP contribution in [-0.2, 0) is 14.6 Å². The van der Waals surface area contributed by atoms with E-state index in [0.29, 0.717) is 12.1 Å². The molecular formula is C27H37NO4S. The summed E-state index contributed by atoms with van der Waals surface area (Å²) in [5.74, 6) is 0.00811. The Bertz CT molecular complexity index is 964. The van der Waals surface area contributed by atoms with Crippen molar-refractivity contribution in [1.29, 1.82) is 0 Å². The molecule has 2 aromatic carbocycles. The van der Waals surface area contributed by atoms with Gasteiger partial charge in [-0.1, -0.05) is 76.8 Å². The van der Waals surface area contributed by atoms with Crippen LogP contribution in [0.4, 0.5) is 5.69 Å². The maximum absolute atomic E-state index is 12.6. The number of sulfone groups is 1. The highest BCUT2D eigenvalue weighted by molar-refractivity contribution is 7.91. The number of phenolic OH excluding ortho intramolecular Hbond substituents is 1. The Kier molecular flexibility index (Phi) is 11.7. The summed E-state index contributed by atoms with van der Waals surface area (Å²) >= 11 is 0. The lowest BCUT2D eigenvalue weighted by molar-refractivity contribution is -0.111. The number of anilines is 1. The Balaban J connectivity index is 1.70. The fourth-order valence-electron chi connectivity index (χ4n) is 3.58. The van der Waals surface area contributed by atoms with Crippen LogP contribution in [0.3, 0.4) is 0 Å². The highest BCUT2D eigenvalue weighted by Gasteiger charge is 2.14. The van der Waals surface area contributed by atoms with E-state index >= 15 is 0 Å². The topological polar surface area (TPSA) is 83.5 Å². The number of amides is 1. The molecule has 0 spiro atoms. The van der Waals surface area contributed by atoms with E-state index in [1.165, 1.54) is 51.0 Å². The van der Waals surface area contributed by atoms with Gasteiger partial charge >= 0.3 is 0 Å². The average Bonchev–Trinajstić information content (AvgIpc) is 2.80. The van der Waals surface area contributed by atoms with Gasteiger partial charge in [0.2, 0.25) is 5.91 Å². The summed E-state index contributed by atoms with van der Waals surface area (Å²) in [6.07, 6.45) is 14.7. The Morgan fingerprint density at radius 2 is 1.36 bits per heavy atom. The number of hydrogen-bond donors (Lipinski definition) is 2. The molecule has 0 saturated carbocycles. The van der Waals surface area contributed by atoms with E-state index in [1.54, 1.807) is 54.6 Å².